The molecule has 0 spiro atoms. The molecule has 0 bridgehead atoms. The Balaban J connectivity index is 1.47. The Hall–Kier alpha value is -1.62. The number of nitrogens with zero attached hydrogens (tertiary/aromatic N) is 1. The van der Waals surface area contributed by atoms with Crippen LogP contribution in [0.4, 0.5) is 0 Å². The summed E-state index contributed by atoms with van der Waals surface area (Å²) in [6.45, 7) is 4.60. The number of carbonyl (C=O) groups excluding carboxylic acids is 1. The average molecular weight is 348 g/mol. The molecule has 0 unspecified atom stereocenters. The lowest BCUT2D eigenvalue weighted by atomic mass is 10.2. The van der Waals surface area contributed by atoms with Gasteiger partial charge in [0.2, 0.25) is 0 Å². The first-order valence-electron chi connectivity index (χ1n) is 7.82. The van der Waals surface area contributed by atoms with Gasteiger partial charge in [-0.2, -0.15) is 0 Å². The number of amides is 1. The minimum atomic E-state index is 0.112. The molecule has 0 atom stereocenters. The standard InChI is InChI=1S/C18H19ClN2OS/c19-17-9-8-16(23-17)18(22)21-13-11-20(12-14-21)10-4-7-15-5-2-1-3-6-15/h1-9H,10-14H2/p+1/b7-4+. The molecule has 3 rings (SSSR count). The van der Waals surface area contributed by atoms with E-state index in [1.807, 2.05) is 29.2 Å². The Labute approximate surface area is 145 Å². The van der Waals surface area contributed by atoms with Crippen LogP contribution in [-0.2, 0) is 0 Å². The Bertz CT molecular complexity index is 675. The third kappa shape index (κ3) is 4.44. The molecule has 120 valence electrons. The van der Waals surface area contributed by atoms with Crippen molar-refractivity contribution in [1.82, 2.24) is 4.90 Å². The third-order valence-electron chi connectivity index (χ3n) is 4.06. The van der Waals surface area contributed by atoms with Crippen molar-refractivity contribution in [2.75, 3.05) is 32.7 Å². The first kappa shape index (κ1) is 16.2. The van der Waals surface area contributed by atoms with Gasteiger partial charge in [0.05, 0.1) is 41.9 Å². The van der Waals surface area contributed by atoms with Crippen molar-refractivity contribution >= 4 is 34.9 Å². The normalized spacial score (nSPS) is 16.1. The number of rotatable bonds is 4. The monoisotopic (exact) mass is 347 g/mol. The van der Waals surface area contributed by atoms with Crippen LogP contribution in [0.5, 0.6) is 0 Å². The highest BCUT2D eigenvalue weighted by molar-refractivity contribution is 7.17. The van der Waals surface area contributed by atoms with Gasteiger partial charge in [-0.1, -0.05) is 48.0 Å². The second-order valence-electron chi connectivity index (χ2n) is 5.66. The van der Waals surface area contributed by atoms with Crippen LogP contribution in [0.15, 0.2) is 48.5 Å². The highest BCUT2D eigenvalue weighted by Gasteiger charge is 2.24. The zero-order chi connectivity index (χ0) is 16.1. The first-order valence-corrected chi connectivity index (χ1v) is 9.01. The molecule has 2 heterocycles. The third-order valence-corrected chi connectivity index (χ3v) is 5.28. The van der Waals surface area contributed by atoms with Gasteiger partial charge >= 0.3 is 0 Å². The lowest BCUT2D eigenvalue weighted by molar-refractivity contribution is -0.898. The Morgan fingerprint density at radius 1 is 1.17 bits per heavy atom. The number of thiophene rings is 1. The summed E-state index contributed by atoms with van der Waals surface area (Å²) < 4.78 is 0.670. The summed E-state index contributed by atoms with van der Waals surface area (Å²) in [5, 5.41) is 0. The number of carbonyl (C=O) groups is 1. The molecule has 1 aromatic carbocycles. The van der Waals surface area contributed by atoms with E-state index in [0.717, 1.165) is 37.6 Å². The second kappa shape index (κ2) is 7.77. The predicted octanol–water partition coefficient (Wildman–Crippen LogP) is 2.46. The smallest absolute Gasteiger partial charge is 0.264 e. The van der Waals surface area contributed by atoms with E-state index < -0.39 is 0 Å². The van der Waals surface area contributed by atoms with Crippen molar-refractivity contribution in [2.45, 2.75) is 0 Å². The molecule has 1 aliphatic heterocycles. The van der Waals surface area contributed by atoms with Crippen LogP contribution < -0.4 is 4.90 Å². The zero-order valence-corrected chi connectivity index (χ0v) is 14.4. The van der Waals surface area contributed by atoms with Gasteiger partial charge in [0.25, 0.3) is 5.91 Å². The van der Waals surface area contributed by atoms with Gasteiger partial charge < -0.3 is 9.80 Å². The van der Waals surface area contributed by atoms with E-state index in [1.54, 1.807) is 6.07 Å². The van der Waals surface area contributed by atoms with E-state index in [2.05, 4.69) is 24.3 Å². The van der Waals surface area contributed by atoms with Crippen molar-refractivity contribution in [3.05, 3.63) is 63.3 Å². The summed E-state index contributed by atoms with van der Waals surface area (Å²) in [6.07, 6.45) is 4.39. The molecular formula is C18H20ClN2OS+. The van der Waals surface area contributed by atoms with Crippen LogP contribution in [0, 0.1) is 0 Å². The molecule has 1 fully saturated rings. The molecule has 1 aromatic heterocycles. The molecule has 2 aromatic rings. The second-order valence-corrected chi connectivity index (χ2v) is 7.38. The number of nitrogens with one attached hydrogen (secondary N) is 1. The van der Waals surface area contributed by atoms with Gasteiger partial charge in [0.15, 0.2) is 0 Å². The van der Waals surface area contributed by atoms with Crippen molar-refractivity contribution in [3.8, 4) is 0 Å². The Kier molecular flexibility index (Phi) is 5.49. The van der Waals surface area contributed by atoms with Gasteiger partial charge in [-0.15, -0.1) is 11.3 Å². The van der Waals surface area contributed by atoms with Crippen molar-refractivity contribution in [3.63, 3.8) is 0 Å². The van der Waals surface area contributed by atoms with E-state index in [-0.39, 0.29) is 5.91 Å². The van der Waals surface area contributed by atoms with Gasteiger partial charge in [-0.05, 0) is 23.8 Å². The van der Waals surface area contributed by atoms with E-state index in [0.29, 0.717) is 4.34 Å². The van der Waals surface area contributed by atoms with Gasteiger partial charge in [-0.25, -0.2) is 0 Å². The number of hydrogen-bond acceptors (Lipinski definition) is 2. The topological polar surface area (TPSA) is 24.8 Å². The molecule has 0 saturated carbocycles. The quantitative estimate of drug-likeness (QED) is 0.902. The van der Waals surface area contributed by atoms with Crippen LogP contribution >= 0.6 is 22.9 Å². The van der Waals surface area contributed by atoms with Crippen molar-refractivity contribution in [2.24, 2.45) is 0 Å². The Morgan fingerprint density at radius 3 is 2.57 bits per heavy atom. The SMILES string of the molecule is O=C(c1ccc(Cl)s1)N1CC[NH+](C/C=C/c2ccccc2)CC1. The minimum Gasteiger partial charge on any atom is -0.329 e. The highest BCUT2D eigenvalue weighted by Crippen LogP contribution is 2.22. The molecule has 3 nitrogen and oxygen atoms in total. The molecular weight excluding hydrogens is 328 g/mol. The lowest BCUT2D eigenvalue weighted by Gasteiger charge is -2.31. The molecule has 0 radical (unpaired) electrons. The van der Waals surface area contributed by atoms with Gasteiger partial charge in [0, 0.05) is 0 Å². The predicted molar refractivity (Wildman–Crippen MR) is 96.3 cm³/mol. The van der Waals surface area contributed by atoms with Crippen LogP contribution in [0.2, 0.25) is 4.34 Å². The summed E-state index contributed by atoms with van der Waals surface area (Å²) in [7, 11) is 0. The summed E-state index contributed by atoms with van der Waals surface area (Å²) in [5.74, 6) is 0.112. The van der Waals surface area contributed by atoms with Gasteiger partial charge in [0.1, 0.15) is 0 Å². The fraction of sp³-hybridized carbons (Fsp3) is 0.278. The van der Waals surface area contributed by atoms with E-state index >= 15 is 0 Å². The summed E-state index contributed by atoms with van der Waals surface area (Å²) >= 11 is 7.27. The van der Waals surface area contributed by atoms with Crippen LogP contribution in [0.1, 0.15) is 15.2 Å². The highest BCUT2D eigenvalue weighted by atomic mass is 35.5. The maximum Gasteiger partial charge on any atom is 0.264 e. The zero-order valence-electron chi connectivity index (χ0n) is 12.9. The van der Waals surface area contributed by atoms with E-state index in [1.165, 1.54) is 21.8 Å². The molecule has 1 amide bonds. The Morgan fingerprint density at radius 2 is 1.91 bits per heavy atom. The van der Waals surface area contributed by atoms with Crippen molar-refractivity contribution < 1.29 is 9.69 Å². The number of quaternary nitrogens is 1. The van der Waals surface area contributed by atoms with Crippen LogP contribution in [-0.4, -0.2) is 43.5 Å². The van der Waals surface area contributed by atoms with Crippen molar-refractivity contribution in [1.29, 1.82) is 0 Å². The molecule has 1 saturated heterocycles. The number of hydrogen-bond donors (Lipinski definition) is 1. The fourth-order valence-corrected chi connectivity index (χ4v) is 3.75. The number of piperazine rings is 1. The first-order chi connectivity index (χ1) is 11.2. The lowest BCUT2D eigenvalue weighted by Crippen LogP contribution is -3.14. The van der Waals surface area contributed by atoms with Crippen LogP contribution in [0.3, 0.4) is 0 Å². The fourth-order valence-electron chi connectivity index (χ4n) is 2.74. The molecule has 1 aliphatic rings. The van der Waals surface area contributed by atoms with E-state index in [9.17, 15) is 4.79 Å². The summed E-state index contributed by atoms with van der Waals surface area (Å²) in [5.41, 5.74) is 1.23. The number of benzene rings is 1. The molecule has 0 aliphatic carbocycles. The van der Waals surface area contributed by atoms with Crippen LogP contribution in [0.25, 0.3) is 6.08 Å². The largest absolute Gasteiger partial charge is 0.329 e. The maximum absolute atomic E-state index is 12.4. The summed E-state index contributed by atoms with van der Waals surface area (Å²) in [4.78, 5) is 16.6. The molecule has 23 heavy (non-hydrogen) atoms. The average Bonchev–Trinajstić information content (AvgIpc) is 3.02. The summed E-state index contributed by atoms with van der Waals surface area (Å²) in [6, 6.07) is 13.9. The molecule has 5 heteroatoms. The van der Waals surface area contributed by atoms with E-state index in [4.69, 9.17) is 11.6 Å². The number of halogens is 1. The van der Waals surface area contributed by atoms with Gasteiger partial charge in [-0.3, -0.25) is 4.79 Å². The maximum atomic E-state index is 12.4. The minimum absolute atomic E-state index is 0.112. The molecule has 1 N–H and O–H groups in total.